The van der Waals surface area contributed by atoms with Crippen molar-refractivity contribution < 1.29 is 4.79 Å². The number of nitrogens with one attached hydrogen (secondary N) is 3. The Kier molecular flexibility index (Phi) is 6.70. The van der Waals surface area contributed by atoms with Crippen LogP contribution in [0.4, 0.5) is 0 Å². The first-order valence-electron chi connectivity index (χ1n) is 5.28. The van der Waals surface area contributed by atoms with Gasteiger partial charge in [-0.25, -0.2) is 0 Å². The smallest absolute Gasteiger partial charge is 0.185 e. The van der Waals surface area contributed by atoms with E-state index < -0.39 is 0 Å². The summed E-state index contributed by atoms with van der Waals surface area (Å²) in [5.41, 5.74) is 5.14. The normalized spacial score (nSPS) is 12.5. The predicted molar refractivity (Wildman–Crippen MR) is 61.9 cm³/mol. The van der Waals surface area contributed by atoms with E-state index >= 15 is 0 Å². The number of rotatable bonds is 7. The van der Waals surface area contributed by atoms with Gasteiger partial charge in [0.2, 0.25) is 0 Å². The predicted octanol–water partition coefficient (Wildman–Crippen LogP) is 0.205. The third kappa shape index (κ3) is 7.93. The van der Waals surface area contributed by atoms with Crippen LogP contribution in [0.25, 0.3) is 0 Å². The van der Waals surface area contributed by atoms with Crippen LogP contribution in [0.2, 0.25) is 0 Å². The Morgan fingerprint density at radius 1 is 1.47 bits per heavy atom. The zero-order valence-electron chi connectivity index (χ0n) is 9.76. The number of ketones is 1. The van der Waals surface area contributed by atoms with Crippen LogP contribution in [-0.4, -0.2) is 30.4 Å². The minimum atomic E-state index is -0.0845. The molecule has 0 spiro atoms. The summed E-state index contributed by atoms with van der Waals surface area (Å²) in [4.78, 5) is 11.3. The van der Waals surface area contributed by atoms with Gasteiger partial charge < -0.3 is 16.4 Å². The maximum absolute atomic E-state index is 11.3. The zero-order chi connectivity index (χ0) is 11.8. The molecule has 0 saturated heterocycles. The Hall–Kier alpha value is -1.10. The quantitative estimate of drug-likeness (QED) is 0.277. The highest BCUT2D eigenvalue weighted by atomic mass is 16.1. The van der Waals surface area contributed by atoms with E-state index in [0.717, 1.165) is 12.8 Å². The van der Waals surface area contributed by atoms with Gasteiger partial charge in [0.25, 0.3) is 0 Å². The van der Waals surface area contributed by atoms with Crippen LogP contribution in [0.3, 0.4) is 0 Å². The van der Waals surface area contributed by atoms with Crippen LogP contribution >= 0.6 is 0 Å². The van der Waals surface area contributed by atoms with Crippen molar-refractivity contribution in [2.24, 2.45) is 5.73 Å². The lowest BCUT2D eigenvalue weighted by molar-refractivity contribution is -0.119. The molecular weight excluding hydrogens is 192 g/mol. The highest BCUT2D eigenvalue weighted by molar-refractivity contribution is 5.81. The van der Waals surface area contributed by atoms with Crippen molar-refractivity contribution in [1.29, 1.82) is 5.41 Å². The average Bonchev–Trinajstić information content (AvgIpc) is 2.08. The van der Waals surface area contributed by atoms with E-state index in [1.54, 1.807) is 6.92 Å². The molecule has 0 amide bonds. The monoisotopic (exact) mass is 214 g/mol. The van der Waals surface area contributed by atoms with E-state index in [9.17, 15) is 4.79 Å². The van der Waals surface area contributed by atoms with Gasteiger partial charge in [-0.05, 0) is 19.8 Å². The molecule has 0 aliphatic rings. The van der Waals surface area contributed by atoms with Gasteiger partial charge in [0.15, 0.2) is 5.96 Å². The van der Waals surface area contributed by atoms with E-state index in [0.29, 0.717) is 12.6 Å². The van der Waals surface area contributed by atoms with E-state index in [1.807, 2.05) is 13.8 Å². The van der Waals surface area contributed by atoms with Crippen molar-refractivity contribution >= 4 is 11.7 Å². The summed E-state index contributed by atoms with van der Waals surface area (Å²) in [5, 5.41) is 12.9. The van der Waals surface area contributed by atoms with E-state index in [-0.39, 0.29) is 17.8 Å². The Morgan fingerprint density at radius 2 is 2.07 bits per heavy atom. The molecule has 0 fully saturated rings. The highest BCUT2D eigenvalue weighted by Gasteiger charge is 2.13. The Balaban J connectivity index is 3.76. The fraction of sp³-hybridized carbons (Fsp3) is 0.800. The molecule has 0 heterocycles. The maximum atomic E-state index is 11.3. The van der Waals surface area contributed by atoms with Gasteiger partial charge in [-0.3, -0.25) is 10.2 Å². The Bertz CT molecular complexity index is 215. The lowest BCUT2D eigenvalue weighted by atomic mass is 10.1. The van der Waals surface area contributed by atoms with Gasteiger partial charge in [-0.15, -0.1) is 0 Å². The fourth-order valence-corrected chi connectivity index (χ4v) is 1.34. The number of Topliss-reactive ketones (excluding diaryl/α,β-unsaturated/α-hetero) is 1. The second kappa shape index (κ2) is 7.23. The minimum absolute atomic E-state index is 0.0220. The highest BCUT2D eigenvalue weighted by Crippen LogP contribution is 1.99. The number of carbonyl (C=O) groups excluding carboxylic acids is 1. The summed E-state index contributed by atoms with van der Waals surface area (Å²) >= 11 is 0. The molecular formula is C10H22N4O. The SMILES string of the molecule is CC(=O)C(CCCNC(=N)N)NC(C)C. The average molecular weight is 214 g/mol. The molecule has 0 saturated carbocycles. The summed E-state index contributed by atoms with van der Waals surface area (Å²) in [5.74, 6) is 0.137. The minimum Gasteiger partial charge on any atom is -0.370 e. The van der Waals surface area contributed by atoms with Crippen LogP contribution < -0.4 is 16.4 Å². The van der Waals surface area contributed by atoms with Crippen LogP contribution in [0.5, 0.6) is 0 Å². The van der Waals surface area contributed by atoms with Crippen LogP contribution in [0.1, 0.15) is 33.6 Å². The zero-order valence-corrected chi connectivity index (χ0v) is 9.76. The summed E-state index contributed by atoms with van der Waals surface area (Å²) in [6, 6.07) is 0.221. The van der Waals surface area contributed by atoms with Crippen molar-refractivity contribution in [3.8, 4) is 0 Å². The van der Waals surface area contributed by atoms with Crippen molar-refractivity contribution in [2.45, 2.75) is 45.7 Å². The molecule has 1 unspecified atom stereocenters. The van der Waals surface area contributed by atoms with Gasteiger partial charge in [0.05, 0.1) is 6.04 Å². The lowest BCUT2D eigenvalue weighted by Gasteiger charge is -2.18. The largest absolute Gasteiger partial charge is 0.370 e. The first-order chi connectivity index (χ1) is 6.93. The molecule has 0 bridgehead atoms. The lowest BCUT2D eigenvalue weighted by Crippen LogP contribution is -2.40. The number of nitrogens with two attached hydrogens (primary N) is 1. The van der Waals surface area contributed by atoms with Gasteiger partial charge >= 0.3 is 0 Å². The number of hydrogen-bond acceptors (Lipinski definition) is 3. The molecule has 0 aromatic heterocycles. The number of guanidine groups is 1. The molecule has 5 heteroatoms. The van der Waals surface area contributed by atoms with Crippen molar-refractivity contribution in [3.05, 3.63) is 0 Å². The van der Waals surface area contributed by atoms with Gasteiger partial charge in [-0.2, -0.15) is 0 Å². The van der Waals surface area contributed by atoms with Crippen LogP contribution in [0, 0.1) is 5.41 Å². The third-order valence-corrected chi connectivity index (χ3v) is 2.01. The number of hydrogen-bond donors (Lipinski definition) is 4. The van der Waals surface area contributed by atoms with Gasteiger partial charge in [0, 0.05) is 12.6 Å². The first-order valence-corrected chi connectivity index (χ1v) is 5.28. The van der Waals surface area contributed by atoms with Crippen molar-refractivity contribution in [1.82, 2.24) is 10.6 Å². The number of carbonyl (C=O) groups is 1. The second-order valence-electron chi connectivity index (χ2n) is 3.97. The van der Waals surface area contributed by atoms with Gasteiger partial charge in [-0.1, -0.05) is 13.8 Å². The molecule has 0 rings (SSSR count). The molecule has 0 aliphatic carbocycles. The topological polar surface area (TPSA) is 91.0 Å². The fourth-order valence-electron chi connectivity index (χ4n) is 1.34. The molecule has 1 atom stereocenters. The molecule has 0 aromatic carbocycles. The van der Waals surface area contributed by atoms with Crippen molar-refractivity contribution in [3.63, 3.8) is 0 Å². The van der Waals surface area contributed by atoms with E-state index in [2.05, 4.69) is 10.6 Å². The van der Waals surface area contributed by atoms with E-state index in [4.69, 9.17) is 11.1 Å². The molecule has 0 radical (unpaired) electrons. The van der Waals surface area contributed by atoms with Crippen LogP contribution in [0.15, 0.2) is 0 Å². The van der Waals surface area contributed by atoms with E-state index in [1.165, 1.54) is 0 Å². The molecule has 15 heavy (non-hydrogen) atoms. The maximum Gasteiger partial charge on any atom is 0.185 e. The molecule has 88 valence electrons. The molecule has 0 aliphatic heterocycles. The van der Waals surface area contributed by atoms with Crippen LogP contribution in [-0.2, 0) is 4.79 Å². The molecule has 5 nitrogen and oxygen atoms in total. The molecule has 5 N–H and O–H groups in total. The summed E-state index contributed by atoms with van der Waals surface area (Å²) < 4.78 is 0. The second-order valence-corrected chi connectivity index (χ2v) is 3.97. The van der Waals surface area contributed by atoms with Crippen molar-refractivity contribution in [2.75, 3.05) is 6.54 Å². The third-order valence-electron chi connectivity index (χ3n) is 2.01. The van der Waals surface area contributed by atoms with Gasteiger partial charge in [0.1, 0.15) is 5.78 Å². The summed E-state index contributed by atoms with van der Waals surface area (Å²) in [7, 11) is 0. The summed E-state index contributed by atoms with van der Waals surface area (Å²) in [6.45, 7) is 6.27. The summed E-state index contributed by atoms with van der Waals surface area (Å²) in [6.07, 6.45) is 1.59. The molecule has 0 aromatic rings. The first kappa shape index (κ1) is 13.9. The Morgan fingerprint density at radius 3 is 2.47 bits per heavy atom. The standard InChI is InChI=1S/C10H22N4O/c1-7(2)14-9(8(3)15)5-4-6-13-10(11)12/h7,9,14H,4-6H2,1-3H3,(H4,11,12,13). The Labute approximate surface area is 91.3 Å².